The molecule has 0 unspecified atom stereocenters. The van der Waals surface area contributed by atoms with Crippen LogP contribution in [0, 0.1) is 0 Å². The Balaban J connectivity index is 1.64. The van der Waals surface area contributed by atoms with E-state index < -0.39 is 0 Å². The molecule has 0 bridgehead atoms. The average molecular weight is 278 g/mol. The zero-order valence-electron chi connectivity index (χ0n) is 11.3. The van der Waals surface area contributed by atoms with Crippen molar-refractivity contribution < 1.29 is 4.79 Å². The number of nitrogens with one attached hydrogen (secondary N) is 2. The Labute approximate surface area is 122 Å². The molecule has 0 aliphatic carbocycles. The van der Waals surface area contributed by atoms with E-state index in [1.807, 2.05) is 42.5 Å². The van der Waals surface area contributed by atoms with E-state index in [2.05, 4.69) is 20.3 Å². The lowest BCUT2D eigenvalue weighted by atomic mass is 10.1. The molecule has 0 spiro atoms. The van der Waals surface area contributed by atoms with E-state index in [9.17, 15) is 4.79 Å². The Morgan fingerprint density at radius 2 is 1.90 bits per heavy atom. The molecule has 3 aromatic rings. The van der Waals surface area contributed by atoms with Gasteiger partial charge in [-0.25, -0.2) is 4.98 Å². The van der Waals surface area contributed by atoms with E-state index in [1.165, 1.54) is 0 Å². The molecule has 0 aliphatic heterocycles. The first-order valence-corrected chi connectivity index (χ1v) is 6.61. The van der Waals surface area contributed by atoms with Crippen LogP contribution in [0.2, 0.25) is 0 Å². The zero-order valence-corrected chi connectivity index (χ0v) is 11.3. The number of amides is 1. The summed E-state index contributed by atoms with van der Waals surface area (Å²) in [5.41, 5.74) is 3.01. The molecule has 0 radical (unpaired) electrons. The van der Waals surface area contributed by atoms with Gasteiger partial charge in [0.2, 0.25) is 0 Å². The molecule has 2 N–H and O–H groups in total. The number of rotatable bonds is 4. The number of benzene rings is 1. The van der Waals surface area contributed by atoms with Crippen molar-refractivity contribution in [1.29, 1.82) is 0 Å². The molecule has 2 aromatic heterocycles. The first-order chi connectivity index (χ1) is 10.3. The molecule has 0 saturated carbocycles. The van der Waals surface area contributed by atoms with Gasteiger partial charge in [-0.2, -0.15) is 0 Å². The lowest BCUT2D eigenvalue weighted by molar-refractivity contribution is 0.0941. The van der Waals surface area contributed by atoms with Crippen LogP contribution >= 0.6 is 0 Å². The molecular weight excluding hydrogens is 264 g/mol. The van der Waals surface area contributed by atoms with Crippen LogP contribution in [0.3, 0.4) is 0 Å². The Kier molecular flexibility index (Phi) is 3.73. The normalized spacial score (nSPS) is 10.3. The Hall–Kier alpha value is -2.95. The number of imidazole rings is 1. The van der Waals surface area contributed by atoms with Crippen LogP contribution in [0.25, 0.3) is 11.3 Å². The number of aromatic nitrogens is 3. The first-order valence-electron chi connectivity index (χ1n) is 6.61. The standard InChI is InChI=1S/C16H14N4O/c21-16(15-18-9-10-19-15)20-11-12-4-6-13(7-5-12)14-3-1-2-8-17-14/h1-10H,11H2,(H,18,19)(H,20,21). The van der Waals surface area contributed by atoms with Gasteiger partial charge in [-0.1, -0.05) is 30.3 Å². The van der Waals surface area contributed by atoms with Crippen molar-refractivity contribution in [2.24, 2.45) is 0 Å². The summed E-state index contributed by atoms with van der Waals surface area (Å²) < 4.78 is 0. The van der Waals surface area contributed by atoms with Gasteiger partial charge < -0.3 is 10.3 Å². The number of H-pyrrole nitrogens is 1. The summed E-state index contributed by atoms with van der Waals surface area (Å²) >= 11 is 0. The maximum Gasteiger partial charge on any atom is 0.287 e. The minimum Gasteiger partial charge on any atom is -0.345 e. The van der Waals surface area contributed by atoms with Gasteiger partial charge in [0.15, 0.2) is 5.82 Å². The van der Waals surface area contributed by atoms with Crippen LogP contribution in [0.4, 0.5) is 0 Å². The molecule has 3 rings (SSSR count). The molecular formula is C16H14N4O. The second-order valence-electron chi connectivity index (χ2n) is 4.53. The van der Waals surface area contributed by atoms with Crippen LogP contribution < -0.4 is 5.32 Å². The van der Waals surface area contributed by atoms with E-state index in [0.717, 1.165) is 16.8 Å². The third kappa shape index (κ3) is 3.14. The van der Waals surface area contributed by atoms with E-state index in [1.54, 1.807) is 18.6 Å². The monoisotopic (exact) mass is 278 g/mol. The quantitative estimate of drug-likeness (QED) is 0.770. The van der Waals surface area contributed by atoms with Crippen LogP contribution in [0.5, 0.6) is 0 Å². The highest BCUT2D eigenvalue weighted by Crippen LogP contribution is 2.16. The summed E-state index contributed by atoms with van der Waals surface area (Å²) in [7, 11) is 0. The second-order valence-corrected chi connectivity index (χ2v) is 4.53. The number of carbonyl (C=O) groups is 1. The highest BCUT2D eigenvalue weighted by Gasteiger charge is 2.06. The van der Waals surface area contributed by atoms with Crippen molar-refractivity contribution in [3.63, 3.8) is 0 Å². The van der Waals surface area contributed by atoms with E-state index in [0.29, 0.717) is 12.4 Å². The third-order valence-electron chi connectivity index (χ3n) is 3.08. The van der Waals surface area contributed by atoms with E-state index in [4.69, 9.17) is 0 Å². The molecule has 21 heavy (non-hydrogen) atoms. The van der Waals surface area contributed by atoms with Crippen LogP contribution in [-0.2, 0) is 6.54 Å². The SMILES string of the molecule is O=C(NCc1ccc(-c2ccccn2)cc1)c1ncc[nH]1. The second kappa shape index (κ2) is 6.00. The number of pyridine rings is 1. The zero-order chi connectivity index (χ0) is 14.5. The Morgan fingerprint density at radius 3 is 2.57 bits per heavy atom. The fraction of sp³-hybridized carbons (Fsp3) is 0.0625. The summed E-state index contributed by atoms with van der Waals surface area (Å²) in [6.45, 7) is 0.460. The summed E-state index contributed by atoms with van der Waals surface area (Å²) in [5, 5.41) is 2.81. The van der Waals surface area contributed by atoms with Gasteiger partial charge in [-0.15, -0.1) is 0 Å². The van der Waals surface area contributed by atoms with Crippen molar-refractivity contribution in [3.05, 3.63) is 72.4 Å². The minimum atomic E-state index is -0.214. The van der Waals surface area contributed by atoms with Crippen molar-refractivity contribution in [2.75, 3.05) is 0 Å². The van der Waals surface area contributed by atoms with Gasteiger partial charge in [-0.3, -0.25) is 9.78 Å². The molecule has 2 heterocycles. The summed E-state index contributed by atoms with van der Waals surface area (Å²) in [5.74, 6) is 0.105. The maximum atomic E-state index is 11.8. The molecule has 1 aromatic carbocycles. The van der Waals surface area contributed by atoms with Gasteiger partial charge >= 0.3 is 0 Å². The number of hydrogen-bond acceptors (Lipinski definition) is 3. The molecule has 5 heteroatoms. The molecule has 1 amide bonds. The lowest BCUT2D eigenvalue weighted by Gasteiger charge is -2.05. The van der Waals surface area contributed by atoms with Gasteiger partial charge in [0.25, 0.3) is 5.91 Å². The molecule has 5 nitrogen and oxygen atoms in total. The smallest absolute Gasteiger partial charge is 0.287 e. The number of aromatic amines is 1. The average Bonchev–Trinajstić information content (AvgIpc) is 3.08. The van der Waals surface area contributed by atoms with Crippen molar-refractivity contribution in [3.8, 4) is 11.3 Å². The predicted octanol–water partition coefficient (Wildman–Crippen LogP) is 2.40. The molecule has 0 fully saturated rings. The summed E-state index contributed by atoms with van der Waals surface area (Å²) in [6, 6.07) is 13.8. The van der Waals surface area contributed by atoms with Gasteiger partial charge in [-0.05, 0) is 17.7 Å². The highest BCUT2D eigenvalue weighted by molar-refractivity contribution is 5.90. The fourth-order valence-electron chi connectivity index (χ4n) is 1.98. The largest absolute Gasteiger partial charge is 0.345 e. The molecule has 104 valence electrons. The van der Waals surface area contributed by atoms with Gasteiger partial charge in [0, 0.05) is 30.7 Å². The number of nitrogens with zero attached hydrogens (tertiary/aromatic N) is 2. The first kappa shape index (κ1) is 13.1. The molecule has 0 aliphatic rings. The van der Waals surface area contributed by atoms with Crippen molar-refractivity contribution >= 4 is 5.91 Å². The topological polar surface area (TPSA) is 70.7 Å². The molecule has 0 saturated heterocycles. The fourth-order valence-corrected chi connectivity index (χ4v) is 1.98. The number of hydrogen-bond donors (Lipinski definition) is 2. The predicted molar refractivity (Wildman–Crippen MR) is 79.4 cm³/mol. The minimum absolute atomic E-state index is 0.214. The third-order valence-corrected chi connectivity index (χ3v) is 3.08. The van der Waals surface area contributed by atoms with Gasteiger partial charge in [0.05, 0.1) is 5.69 Å². The number of carbonyl (C=O) groups excluding carboxylic acids is 1. The van der Waals surface area contributed by atoms with Crippen molar-refractivity contribution in [2.45, 2.75) is 6.54 Å². The Bertz CT molecular complexity index is 706. The van der Waals surface area contributed by atoms with E-state index in [-0.39, 0.29) is 5.91 Å². The summed E-state index contributed by atoms with van der Waals surface area (Å²) in [4.78, 5) is 22.7. The Morgan fingerprint density at radius 1 is 1.05 bits per heavy atom. The van der Waals surface area contributed by atoms with Gasteiger partial charge in [0.1, 0.15) is 0 Å². The molecule has 0 atom stereocenters. The van der Waals surface area contributed by atoms with Crippen LogP contribution in [-0.4, -0.2) is 20.9 Å². The van der Waals surface area contributed by atoms with Crippen LogP contribution in [0.15, 0.2) is 61.1 Å². The van der Waals surface area contributed by atoms with E-state index >= 15 is 0 Å². The van der Waals surface area contributed by atoms with Crippen LogP contribution in [0.1, 0.15) is 16.2 Å². The maximum absolute atomic E-state index is 11.8. The highest BCUT2D eigenvalue weighted by atomic mass is 16.2. The van der Waals surface area contributed by atoms with Crippen molar-refractivity contribution in [1.82, 2.24) is 20.3 Å². The summed E-state index contributed by atoms with van der Waals surface area (Å²) in [6.07, 6.45) is 4.94. The lowest BCUT2D eigenvalue weighted by Crippen LogP contribution is -2.23.